The van der Waals surface area contributed by atoms with Crippen LogP contribution in [0.2, 0.25) is 0 Å². The van der Waals surface area contributed by atoms with Crippen molar-refractivity contribution >= 4 is 21.6 Å². The zero-order valence-electron chi connectivity index (χ0n) is 14.8. The van der Waals surface area contributed by atoms with Crippen molar-refractivity contribution < 1.29 is 13.2 Å². The number of hydrogen-bond acceptors (Lipinski definition) is 5. The van der Waals surface area contributed by atoms with Crippen molar-refractivity contribution in [2.24, 2.45) is 0 Å². The lowest BCUT2D eigenvalue weighted by molar-refractivity contribution is -0.111. The Morgan fingerprint density at radius 3 is 2.32 bits per heavy atom. The number of benzene rings is 1. The number of nitrogens with zero attached hydrogens (tertiary/aromatic N) is 3. The number of amides is 1. The van der Waals surface area contributed by atoms with Crippen LogP contribution in [0, 0.1) is 0 Å². The van der Waals surface area contributed by atoms with Gasteiger partial charge in [0.1, 0.15) is 0 Å². The van der Waals surface area contributed by atoms with Gasteiger partial charge in [-0.3, -0.25) is 9.69 Å². The molecule has 0 aromatic heterocycles. The van der Waals surface area contributed by atoms with Crippen LogP contribution in [0.25, 0.3) is 0 Å². The van der Waals surface area contributed by atoms with E-state index >= 15 is 0 Å². The fourth-order valence-corrected chi connectivity index (χ4v) is 4.01. The molecule has 1 aliphatic heterocycles. The van der Waals surface area contributed by atoms with E-state index in [4.69, 9.17) is 0 Å². The van der Waals surface area contributed by atoms with Gasteiger partial charge < -0.3 is 10.2 Å². The van der Waals surface area contributed by atoms with Gasteiger partial charge >= 0.3 is 0 Å². The fourth-order valence-electron chi connectivity index (χ4n) is 2.59. The van der Waals surface area contributed by atoms with Crippen molar-refractivity contribution in [1.29, 1.82) is 0 Å². The van der Waals surface area contributed by atoms with E-state index in [1.54, 1.807) is 12.1 Å². The number of carbonyl (C=O) groups excluding carboxylic acids is 1. The minimum atomic E-state index is -3.50. The minimum Gasteiger partial charge on any atom is -0.323 e. The van der Waals surface area contributed by atoms with Gasteiger partial charge in [-0.25, -0.2) is 8.42 Å². The van der Waals surface area contributed by atoms with Gasteiger partial charge in [-0.15, -0.1) is 0 Å². The van der Waals surface area contributed by atoms with E-state index in [1.807, 2.05) is 14.1 Å². The number of rotatable bonds is 7. The van der Waals surface area contributed by atoms with E-state index in [0.29, 0.717) is 18.8 Å². The largest absolute Gasteiger partial charge is 0.323 e. The summed E-state index contributed by atoms with van der Waals surface area (Å²) in [5, 5.41) is 2.60. The maximum Gasteiger partial charge on any atom is 0.247 e. The van der Waals surface area contributed by atoms with Gasteiger partial charge in [-0.1, -0.05) is 6.58 Å². The maximum atomic E-state index is 12.7. The summed E-state index contributed by atoms with van der Waals surface area (Å²) in [6.45, 7) is 7.74. The van der Waals surface area contributed by atoms with Crippen LogP contribution in [0.5, 0.6) is 0 Å². The van der Waals surface area contributed by atoms with E-state index in [-0.39, 0.29) is 10.8 Å². The summed E-state index contributed by atoms with van der Waals surface area (Å²) in [5.41, 5.74) is 0.539. The van der Waals surface area contributed by atoms with Crippen LogP contribution >= 0.6 is 0 Å². The highest BCUT2D eigenvalue weighted by Gasteiger charge is 2.28. The average Bonchev–Trinajstić information content (AvgIpc) is 2.60. The summed E-state index contributed by atoms with van der Waals surface area (Å²) < 4.78 is 27.0. The van der Waals surface area contributed by atoms with Crippen molar-refractivity contribution in [3.8, 4) is 0 Å². The van der Waals surface area contributed by atoms with Crippen LogP contribution < -0.4 is 5.32 Å². The summed E-state index contributed by atoms with van der Waals surface area (Å²) in [4.78, 5) is 15.9. The molecule has 1 aliphatic rings. The Morgan fingerprint density at radius 2 is 1.80 bits per heavy atom. The van der Waals surface area contributed by atoms with Crippen LogP contribution in [0.1, 0.15) is 0 Å². The zero-order chi connectivity index (χ0) is 18.4. The molecule has 0 spiro atoms. The number of sulfonamides is 1. The normalized spacial score (nSPS) is 16.8. The smallest absolute Gasteiger partial charge is 0.247 e. The second kappa shape index (κ2) is 8.57. The first kappa shape index (κ1) is 19.6. The van der Waals surface area contributed by atoms with Gasteiger partial charge in [-0.05, 0) is 44.4 Å². The van der Waals surface area contributed by atoms with Gasteiger partial charge in [0.05, 0.1) is 4.90 Å². The molecule has 0 aliphatic carbocycles. The molecule has 0 radical (unpaired) electrons. The van der Waals surface area contributed by atoms with Gasteiger partial charge in [0.15, 0.2) is 0 Å². The average molecular weight is 366 g/mol. The topological polar surface area (TPSA) is 73.0 Å². The first-order valence-corrected chi connectivity index (χ1v) is 9.67. The summed E-state index contributed by atoms with van der Waals surface area (Å²) in [6, 6.07) is 6.21. The second-order valence-electron chi connectivity index (χ2n) is 6.27. The molecule has 0 unspecified atom stereocenters. The van der Waals surface area contributed by atoms with E-state index in [9.17, 15) is 13.2 Å². The molecule has 0 bridgehead atoms. The van der Waals surface area contributed by atoms with Crippen molar-refractivity contribution in [2.75, 3.05) is 58.7 Å². The Labute approximate surface area is 150 Å². The molecule has 1 amide bonds. The number of hydrogen-bond donors (Lipinski definition) is 1. The van der Waals surface area contributed by atoms with Crippen molar-refractivity contribution in [3.05, 3.63) is 36.9 Å². The molecule has 1 aromatic carbocycles. The summed E-state index contributed by atoms with van der Waals surface area (Å²) >= 11 is 0. The lowest BCUT2D eigenvalue weighted by atomic mass is 10.3. The van der Waals surface area contributed by atoms with Crippen LogP contribution in [-0.4, -0.2) is 81.8 Å². The highest BCUT2D eigenvalue weighted by atomic mass is 32.2. The van der Waals surface area contributed by atoms with Crippen LogP contribution in [-0.2, 0) is 14.8 Å². The van der Waals surface area contributed by atoms with Crippen molar-refractivity contribution in [2.45, 2.75) is 4.90 Å². The third-order valence-electron chi connectivity index (χ3n) is 4.14. The molecular formula is C17H26N4O3S. The Bertz CT molecular complexity index is 693. The van der Waals surface area contributed by atoms with Gasteiger partial charge in [0.2, 0.25) is 15.9 Å². The first-order valence-electron chi connectivity index (χ1n) is 8.23. The third-order valence-corrected chi connectivity index (χ3v) is 6.05. The highest BCUT2D eigenvalue weighted by Crippen LogP contribution is 2.20. The van der Waals surface area contributed by atoms with Gasteiger partial charge in [-0.2, -0.15) is 4.31 Å². The Hall–Kier alpha value is -1.74. The molecule has 138 valence electrons. The fraction of sp³-hybridized carbons (Fsp3) is 0.471. The number of carbonyl (C=O) groups is 1. The molecule has 1 fully saturated rings. The molecule has 0 saturated carbocycles. The molecule has 0 atom stereocenters. The van der Waals surface area contributed by atoms with Crippen LogP contribution in [0.4, 0.5) is 5.69 Å². The Kier molecular flexibility index (Phi) is 6.71. The monoisotopic (exact) mass is 366 g/mol. The SMILES string of the molecule is C=CC(=O)Nc1ccc(S(=O)(=O)N2CCN(CCN(C)C)CC2)cc1. The number of likely N-dealkylation sites (N-methyl/N-ethyl adjacent to an activating group) is 1. The van der Waals surface area contributed by atoms with E-state index in [2.05, 4.69) is 21.7 Å². The van der Waals surface area contributed by atoms with Crippen molar-refractivity contribution in [3.63, 3.8) is 0 Å². The molecule has 1 aromatic rings. The molecule has 2 rings (SSSR count). The van der Waals surface area contributed by atoms with Crippen LogP contribution in [0.3, 0.4) is 0 Å². The van der Waals surface area contributed by atoms with Gasteiger partial charge in [0, 0.05) is 45.0 Å². The minimum absolute atomic E-state index is 0.242. The second-order valence-corrected chi connectivity index (χ2v) is 8.20. The van der Waals surface area contributed by atoms with Crippen molar-refractivity contribution in [1.82, 2.24) is 14.1 Å². The summed E-state index contributed by atoms with van der Waals surface area (Å²) in [5.74, 6) is -0.329. The zero-order valence-corrected chi connectivity index (χ0v) is 15.6. The molecule has 1 heterocycles. The molecule has 8 heteroatoms. The third kappa shape index (κ3) is 5.37. The van der Waals surface area contributed by atoms with E-state index in [1.165, 1.54) is 22.5 Å². The maximum absolute atomic E-state index is 12.7. The predicted molar refractivity (Wildman–Crippen MR) is 99.0 cm³/mol. The number of nitrogens with one attached hydrogen (secondary N) is 1. The first-order chi connectivity index (χ1) is 11.8. The molecule has 7 nitrogen and oxygen atoms in total. The Balaban J connectivity index is 1.97. The lowest BCUT2D eigenvalue weighted by Crippen LogP contribution is -2.49. The molecule has 25 heavy (non-hydrogen) atoms. The Morgan fingerprint density at radius 1 is 1.20 bits per heavy atom. The molecule has 1 N–H and O–H groups in total. The predicted octanol–water partition coefficient (Wildman–Crippen LogP) is 0.679. The highest BCUT2D eigenvalue weighted by molar-refractivity contribution is 7.89. The van der Waals surface area contributed by atoms with Crippen LogP contribution in [0.15, 0.2) is 41.8 Å². The molecular weight excluding hydrogens is 340 g/mol. The van der Waals surface area contributed by atoms with Gasteiger partial charge in [0.25, 0.3) is 0 Å². The number of piperazine rings is 1. The standard InChI is InChI=1S/C17H26N4O3S/c1-4-17(22)18-15-5-7-16(8-6-15)25(23,24)21-13-11-20(12-14-21)10-9-19(2)3/h4-8H,1,9-14H2,2-3H3,(H,18,22). The van der Waals surface area contributed by atoms with E-state index in [0.717, 1.165) is 26.2 Å². The van der Waals surface area contributed by atoms with E-state index < -0.39 is 10.0 Å². The summed E-state index contributed by atoms with van der Waals surface area (Å²) in [7, 11) is 0.555. The number of anilines is 1. The lowest BCUT2D eigenvalue weighted by Gasteiger charge is -2.34. The molecule has 1 saturated heterocycles. The summed E-state index contributed by atoms with van der Waals surface area (Å²) in [6.07, 6.45) is 1.17. The quantitative estimate of drug-likeness (QED) is 0.719.